The zero-order valence-electron chi connectivity index (χ0n) is 11.1. The summed E-state index contributed by atoms with van der Waals surface area (Å²) in [6, 6.07) is 0. The fourth-order valence-corrected chi connectivity index (χ4v) is 2.23. The van der Waals surface area contributed by atoms with Crippen molar-refractivity contribution in [2.75, 3.05) is 25.1 Å². The van der Waals surface area contributed by atoms with Gasteiger partial charge in [-0.15, -0.1) is 0 Å². The van der Waals surface area contributed by atoms with Crippen molar-refractivity contribution in [3.8, 4) is 0 Å². The van der Waals surface area contributed by atoms with Crippen LogP contribution in [0.2, 0.25) is 0 Å². The number of carbonyl (C=O) groups is 2. The zero-order chi connectivity index (χ0) is 13.8. The fraction of sp³-hybridized carbons (Fsp3) is 0.538. The normalized spacial score (nSPS) is 19.1. The third kappa shape index (κ3) is 3.07. The first-order valence-corrected chi connectivity index (χ1v) is 6.27. The Morgan fingerprint density at radius 1 is 1.42 bits per heavy atom. The van der Waals surface area contributed by atoms with Gasteiger partial charge in [0.25, 0.3) is 0 Å². The lowest BCUT2D eigenvalue weighted by Crippen LogP contribution is -2.38. The highest BCUT2D eigenvalue weighted by atomic mass is 16.5. The summed E-state index contributed by atoms with van der Waals surface area (Å²) in [5.41, 5.74) is 0.185. The average Bonchev–Trinajstić information content (AvgIpc) is 2.46. The molecule has 0 aliphatic carbocycles. The molecule has 102 valence electrons. The van der Waals surface area contributed by atoms with E-state index < -0.39 is 5.97 Å². The summed E-state index contributed by atoms with van der Waals surface area (Å²) in [6.45, 7) is 3.07. The highest BCUT2D eigenvalue weighted by Crippen LogP contribution is 2.21. The third-order valence-corrected chi connectivity index (χ3v) is 3.34. The maximum atomic E-state index is 11.5. The molecule has 6 nitrogen and oxygen atoms in total. The SMILES string of the molecule is COC(=O)c1cncc(N2CCCC(C(C)=O)C2)n1. The summed E-state index contributed by atoms with van der Waals surface area (Å²) in [5.74, 6) is 0.349. The van der Waals surface area contributed by atoms with E-state index in [1.807, 2.05) is 4.90 Å². The van der Waals surface area contributed by atoms with Gasteiger partial charge in [-0.1, -0.05) is 0 Å². The maximum Gasteiger partial charge on any atom is 0.358 e. The first-order chi connectivity index (χ1) is 9.11. The molecular formula is C13H17N3O3. The van der Waals surface area contributed by atoms with Gasteiger partial charge in [0, 0.05) is 19.0 Å². The number of piperidine rings is 1. The number of nitrogens with zero attached hydrogens (tertiary/aromatic N) is 3. The van der Waals surface area contributed by atoms with E-state index in [9.17, 15) is 9.59 Å². The number of anilines is 1. The van der Waals surface area contributed by atoms with Gasteiger partial charge < -0.3 is 9.64 Å². The van der Waals surface area contributed by atoms with Crippen LogP contribution in [-0.2, 0) is 9.53 Å². The molecule has 6 heteroatoms. The van der Waals surface area contributed by atoms with Crippen LogP contribution in [0.15, 0.2) is 12.4 Å². The molecule has 0 bridgehead atoms. The minimum Gasteiger partial charge on any atom is -0.464 e. The second kappa shape index (κ2) is 5.77. The second-order valence-corrected chi connectivity index (χ2v) is 4.65. The van der Waals surface area contributed by atoms with Crippen LogP contribution in [0.5, 0.6) is 0 Å². The van der Waals surface area contributed by atoms with Crippen LogP contribution in [-0.4, -0.2) is 41.9 Å². The van der Waals surface area contributed by atoms with Gasteiger partial charge >= 0.3 is 5.97 Å². The number of aromatic nitrogens is 2. The molecule has 0 radical (unpaired) electrons. The van der Waals surface area contributed by atoms with Crippen molar-refractivity contribution in [3.63, 3.8) is 0 Å². The van der Waals surface area contributed by atoms with Crippen LogP contribution in [0.4, 0.5) is 5.82 Å². The fourth-order valence-electron chi connectivity index (χ4n) is 2.23. The van der Waals surface area contributed by atoms with E-state index in [1.54, 1.807) is 13.1 Å². The molecule has 1 aromatic heterocycles. The van der Waals surface area contributed by atoms with Gasteiger partial charge in [-0.3, -0.25) is 9.78 Å². The Hall–Kier alpha value is -1.98. The second-order valence-electron chi connectivity index (χ2n) is 4.65. The van der Waals surface area contributed by atoms with Crippen molar-refractivity contribution in [2.45, 2.75) is 19.8 Å². The standard InChI is InChI=1S/C13H17N3O3/c1-9(17)10-4-3-5-16(8-10)12-7-14-6-11(15-12)13(18)19-2/h6-7,10H,3-5,8H2,1-2H3. The molecule has 0 spiro atoms. The van der Waals surface area contributed by atoms with Crippen LogP contribution in [0.1, 0.15) is 30.3 Å². The predicted molar refractivity (Wildman–Crippen MR) is 69.0 cm³/mol. The predicted octanol–water partition coefficient (Wildman–Crippen LogP) is 1.07. The number of methoxy groups -OCH3 is 1. The number of ketones is 1. The van der Waals surface area contributed by atoms with Crippen molar-refractivity contribution in [1.29, 1.82) is 0 Å². The minimum atomic E-state index is -0.505. The molecular weight excluding hydrogens is 246 g/mol. The van der Waals surface area contributed by atoms with E-state index in [2.05, 4.69) is 14.7 Å². The third-order valence-electron chi connectivity index (χ3n) is 3.34. The van der Waals surface area contributed by atoms with Crippen molar-refractivity contribution in [3.05, 3.63) is 18.1 Å². The smallest absolute Gasteiger partial charge is 0.358 e. The number of hydrogen-bond donors (Lipinski definition) is 0. The molecule has 19 heavy (non-hydrogen) atoms. The molecule has 1 saturated heterocycles. The molecule has 0 N–H and O–H groups in total. The van der Waals surface area contributed by atoms with E-state index in [4.69, 9.17) is 0 Å². The lowest BCUT2D eigenvalue weighted by Gasteiger charge is -2.32. The summed E-state index contributed by atoms with van der Waals surface area (Å²) >= 11 is 0. The first-order valence-electron chi connectivity index (χ1n) is 6.27. The number of hydrogen-bond acceptors (Lipinski definition) is 6. The summed E-state index contributed by atoms with van der Waals surface area (Å²) < 4.78 is 4.62. The monoisotopic (exact) mass is 263 g/mol. The summed E-state index contributed by atoms with van der Waals surface area (Å²) in [6.07, 6.45) is 4.83. The van der Waals surface area contributed by atoms with Gasteiger partial charge in [0.15, 0.2) is 5.69 Å². The van der Waals surface area contributed by atoms with Gasteiger partial charge in [0.2, 0.25) is 0 Å². The molecule has 0 aromatic carbocycles. The van der Waals surface area contributed by atoms with Crippen LogP contribution < -0.4 is 4.90 Å². The van der Waals surface area contributed by atoms with Crippen LogP contribution in [0, 0.1) is 5.92 Å². The van der Waals surface area contributed by atoms with E-state index >= 15 is 0 Å². The van der Waals surface area contributed by atoms with Gasteiger partial charge in [-0.05, 0) is 19.8 Å². The van der Waals surface area contributed by atoms with Crippen molar-refractivity contribution in [1.82, 2.24) is 9.97 Å². The summed E-state index contributed by atoms with van der Waals surface area (Å²) in [5, 5.41) is 0. The molecule has 0 amide bonds. The molecule has 1 aliphatic rings. The van der Waals surface area contributed by atoms with E-state index in [-0.39, 0.29) is 17.4 Å². The zero-order valence-corrected chi connectivity index (χ0v) is 11.1. The Morgan fingerprint density at radius 2 is 2.21 bits per heavy atom. The highest BCUT2D eigenvalue weighted by Gasteiger charge is 2.24. The number of carbonyl (C=O) groups excluding carboxylic acids is 2. The van der Waals surface area contributed by atoms with Crippen LogP contribution in [0.3, 0.4) is 0 Å². The number of esters is 1. The van der Waals surface area contributed by atoms with Crippen LogP contribution in [0.25, 0.3) is 0 Å². The molecule has 2 heterocycles. The van der Waals surface area contributed by atoms with Crippen LogP contribution >= 0.6 is 0 Å². The Labute approximate surface area is 111 Å². The number of rotatable bonds is 3. The summed E-state index contributed by atoms with van der Waals surface area (Å²) in [7, 11) is 1.31. The van der Waals surface area contributed by atoms with Crippen molar-refractivity contribution >= 4 is 17.6 Å². The minimum absolute atomic E-state index is 0.0392. The Morgan fingerprint density at radius 3 is 2.89 bits per heavy atom. The molecule has 1 aliphatic heterocycles. The maximum absolute atomic E-state index is 11.5. The first kappa shape index (κ1) is 13.5. The average molecular weight is 263 g/mol. The van der Waals surface area contributed by atoms with E-state index in [1.165, 1.54) is 13.3 Å². The van der Waals surface area contributed by atoms with E-state index in [0.29, 0.717) is 12.4 Å². The molecule has 1 atom stereocenters. The van der Waals surface area contributed by atoms with Gasteiger partial charge in [-0.25, -0.2) is 9.78 Å². The van der Waals surface area contributed by atoms with Gasteiger partial charge in [0.1, 0.15) is 11.6 Å². The lowest BCUT2D eigenvalue weighted by molar-refractivity contribution is -0.120. The summed E-state index contributed by atoms with van der Waals surface area (Å²) in [4.78, 5) is 33.1. The molecule has 1 aromatic rings. The van der Waals surface area contributed by atoms with Gasteiger partial charge in [-0.2, -0.15) is 0 Å². The molecule has 1 fully saturated rings. The largest absolute Gasteiger partial charge is 0.464 e. The Balaban J connectivity index is 2.17. The lowest BCUT2D eigenvalue weighted by atomic mass is 9.95. The molecule has 0 saturated carbocycles. The van der Waals surface area contributed by atoms with Crippen molar-refractivity contribution in [2.24, 2.45) is 5.92 Å². The Kier molecular flexibility index (Phi) is 4.09. The number of Topliss-reactive ketones (excluding diaryl/α,β-unsaturated/α-hetero) is 1. The van der Waals surface area contributed by atoms with E-state index in [0.717, 1.165) is 19.4 Å². The van der Waals surface area contributed by atoms with Gasteiger partial charge in [0.05, 0.1) is 19.5 Å². The topological polar surface area (TPSA) is 72.4 Å². The Bertz CT molecular complexity index is 490. The highest BCUT2D eigenvalue weighted by molar-refractivity contribution is 5.87. The molecule has 1 unspecified atom stereocenters. The number of ether oxygens (including phenoxy) is 1. The quantitative estimate of drug-likeness (QED) is 0.759. The molecule has 2 rings (SSSR count). The van der Waals surface area contributed by atoms with Crippen molar-refractivity contribution < 1.29 is 14.3 Å².